The Morgan fingerprint density at radius 2 is 1.65 bits per heavy atom. The molecule has 1 atom stereocenters. The fourth-order valence-electron chi connectivity index (χ4n) is 4.28. The van der Waals surface area contributed by atoms with Crippen LogP contribution in [-0.4, -0.2) is 30.4 Å². The molecule has 2 heterocycles. The van der Waals surface area contributed by atoms with Gasteiger partial charge in [-0.05, 0) is 42.0 Å². The molecule has 0 aliphatic carbocycles. The monoisotopic (exact) mass is 460 g/mol. The summed E-state index contributed by atoms with van der Waals surface area (Å²) in [6, 6.07) is 14.0. The van der Waals surface area contributed by atoms with E-state index in [0.29, 0.717) is 22.6 Å². The van der Waals surface area contributed by atoms with E-state index in [9.17, 15) is 19.8 Å². The summed E-state index contributed by atoms with van der Waals surface area (Å²) < 4.78 is 22.3. The first-order chi connectivity index (χ1) is 16.4. The zero-order valence-electron chi connectivity index (χ0n) is 18.3. The normalized spacial score (nSPS) is 15.0. The smallest absolute Gasteiger partial charge is 0.312 e. The SMILES string of the molecule is COc1ccc([C@H]2CC(=O)Oc3cc(O)c4c(=O)cc(-c5ccc(O)cc5)oc4c32)cc1OC. The fourth-order valence-corrected chi connectivity index (χ4v) is 4.28. The molecule has 5 rings (SSSR count). The summed E-state index contributed by atoms with van der Waals surface area (Å²) in [5.74, 6) is 0.0833. The van der Waals surface area contributed by atoms with E-state index >= 15 is 0 Å². The number of aromatic hydroxyl groups is 2. The number of carbonyl (C=O) groups excluding carboxylic acids is 1. The maximum absolute atomic E-state index is 13.0. The van der Waals surface area contributed by atoms with E-state index in [1.807, 2.05) is 0 Å². The standard InChI is InChI=1S/C26H20O8/c1-31-19-8-5-14(9-21(19)32-2)16-10-23(30)33-22-12-18(29)25-17(28)11-20(34-26(25)24(16)22)13-3-6-15(27)7-4-13/h3-9,11-12,16,27,29H,10H2,1-2H3/t16-/m1/s1. The molecular weight excluding hydrogens is 440 g/mol. The van der Waals surface area contributed by atoms with Gasteiger partial charge in [0.1, 0.15) is 34.0 Å². The van der Waals surface area contributed by atoms with Crippen LogP contribution in [0.15, 0.2) is 63.8 Å². The number of carbonyl (C=O) groups is 1. The minimum atomic E-state index is -0.530. The average molecular weight is 460 g/mol. The number of benzene rings is 3. The Bertz CT molecular complexity index is 1480. The quantitative estimate of drug-likeness (QED) is 0.342. The Labute approximate surface area is 193 Å². The van der Waals surface area contributed by atoms with Crippen LogP contribution in [0.25, 0.3) is 22.3 Å². The van der Waals surface area contributed by atoms with E-state index in [-0.39, 0.29) is 40.4 Å². The first-order valence-electron chi connectivity index (χ1n) is 10.4. The average Bonchev–Trinajstić information content (AvgIpc) is 2.82. The molecule has 2 N–H and O–H groups in total. The van der Waals surface area contributed by atoms with Gasteiger partial charge in [0, 0.05) is 29.2 Å². The van der Waals surface area contributed by atoms with Gasteiger partial charge >= 0.3 is 5.97 Å². The molecule has 0 fully saturated rings. The number of rotatable bonds is 4. The van der Waals surface area contributed by atoms with E-state index in [1.165, 1.54) is 38.5 Å². The molecule has 0 radical (unpaired) electrons. The maximum atomic E-state index is 13.0. The molecule has 0 saturated heterocycles. The molecule has 1 aromatic heterocycles. The zero-order valence-corrected chi connectivity index (χ0v) is 18.3. The van der Waals surface area contributed by atoms with Crippen molar-refractivity contribution in [3.8, 4) is 40.1 Å². The van der Waals surface area contributed by atoms with Crippen molar-refractivity contribution in [1.29, 1.82) is 0 Å². The second kappa shape index (κ2) is 8.15. The van der Waals surface area contributed by atoms with Crippen LogP contribution in [-0.2, 0) is 4.79 Å². The Balaban J connectivity index is 1.79. The van der Waals surface area contributed by atoms with Crippen LogP contribution < -0.4 is 19.6 Å². The summed E-state index contributed by atoms with van der Waals surface area (Å²) >= 11 is 0. The number of hydrogen-bond donors (Lipinski definition) is 2. The van der Waals surface area contributed by atoms with Crippen molar-refractivity contribution in [2.45, 2.75) is 12.3 Å². The minimum Gasteiger partial charge on any atom is -0.508 e. The van der Waals surface area contributed by atoms with Gasteiger partial charge in [0.2, 0.25) is 0 Å². The molecule has 172 valence electrons. The number of esters is 1. The number of ether oxygens (including phenoxy) is 3. The van der Waals surface area contributed by atoms with E-state index in [1.54, 1.807) is 30.3 Å². The molecule has 4 aromatic rings. The van der Waals surface area contributed by atoms with Crippen LogP contribution in [0.4, 0.5) is 0 Å². The summed E-state index contributed by atoms with van der Waals surface area (Å²) in [7, 11) is 3.04. The Kier molecular flexibility index (Phi) is 5.13. The topological polar surface area (TPSA) is 115 Å². The highest BCUT2D eigenvalue weighted by atomic mass is 16.5. The number of fused-ring (bicyclic) bond motifs is 3. The highest BCUT2D eigenvalue weighted by molar-refractivity contribution is 5.93. The van der Waals surface area contributed by atoms with Crippen LogP contribution in [0, 0.1) is 0 Å². The molecule has 1 aliphatic heterocycles. The Morgan fingerprint density at radius 1 is 0.912 bits per heavy atom. The Hall–Kier alpha value is -4.46. The highest BCUT2D eigenvalue weighted by Gasteiger charge is 2.34. The third-order valence-electron chi connectivity index (χ3n) is 5.89. The molecule has 0 spiro atoms. The molecular formula is C26H20O8. The van der Waals surface area contributed by atoms with Crippen molar-refractivity contribution in [2.75, 3.05) is 14.2 Å². The third kappa shape index (κ3) is 3.49. The second-order valence-electron chi connectivity index (χ2n) is 7.88. The fraction of sp³-hybridized carbons (Fsp3) is 0.154. The molecule has 1 aliphatic rings. The van der Waals surface area contributed by atoms with Gasteiger partial charge in [-0.1, -0.05) is 6.07 Å². The predicted octanol–water partition coefficient (Wildman–Crippen LogP) is 4.33. The number of phenols is 2. The zero-order chi connectivity index (χ0) is 24.0. The van der Waals surface area contributed by atoms with Crippen molar-refractivity contribution in [3.63, 3.8) is 0 Å². The van der Waals surface area contributed by atoms with E-state index in [4.69, 9.17) is 18.6 Å². The van der Waals surface area contributed by atoms with Crippen molar-refractivity contribution >= 4 is 16.9 Å². The van der Waals surface area contributed by atoms with Gasteiger partial charge < -0.3 is 28.8 Å². The summed E-state index contributed by atoms with van der Waals surface area (Å²) in [6.07, 6.45) is -0.00446. The lowest BCUT2D eigenvalue weighted by molar-refractivity contribution is -0.135. The van der Waals surface area contributed by atoms with Crippen LogP contribution in [0.1, 0.15) is 23.5 Å². The number of methoxy groups -OCH3 is 2. The van der Waals surface area contributed by atoms with E-state index < -0.39 is 17.3 Å². The first-order valence-corrected chi connectivity index (χ1v) is 10.4. The number of phenolic OH excluding ortho intramolecular Hbond substituents is 2. The van der Waals surface area contributed by atoms with Crippen LogP contribution >= 0.6 is 0 Å². The van der Waals surface area contributed by atoms with Gasteiger partial charge in [0.05, 0.1) is 20.6 Å². The number of hydrogen-bond acceptors (Lipinski definition) is 8. The van der Waals surface area contributed by atoms with Crippen LogP contribution in [0.2, 0.25) is 0 Å². The van der Waals surface area contributed by atoms with Gasteiger partial charge in [-0.2, -0.15) is 0 Å². The summed E-state index contributed by atoms with van der Waals surface area (Å²) in [4.78, 5) is 25.5. The summed E-state index contributed by atoms with van der Waals surface area (Å²) in [6.45, 7) is 0. The van der Waals surface area contributed by atoms with Crippen LogP contribution in [0.3, 0.4) is 0 Å². The molecule has 34 heavy (non-hydrogen) atoms. The second-order valence-corrected chi connectivity index (χ2v) is 7.88. The lowest BCUT2D eigenvalue weighted by Gasteiger charge is -2.26. The minimum absolute atomic E-state index is 0.00446. The van der Waals surface area contributed by atoms with Gasteiger partial charge in [-0.3, -0.25) is 9.59 Å². The molecule has 3 aromatic carbocycles. The summed E-state index contributed by atoms with van der Waals surface area (Å²) in [5, 5.41) is 20.2. The van der Waals surface area contributed by atoms with Crippen LogP contribution in [0.5, 0.6) is 28.7 Å². The highest BCUT2D eigenvalue weighted by Crippen LogP contribution is 2.47. The maximum Gasteiger partial charge on any atom is 0.312 e. The Morgan fingerprint density at radius 3 is 2.35 bits per heavy atom. The van der Waals surface area contributed by atoms with Crippen molar-refractivity contribution < 1.29 is 33.6 Å². The lowest BCUT2D eigenvalue weighted by atomic mass is 9.85. The molecule has 0 saturated carbocycles. The first kappa shape index (κ1) is 21.4. The van der Waals surface area contributed by atoms with E-state index in [2.05, 4.69) is 0 Å². The molecule has 8 heteroatoms. The summed E-state index contributed by atoms with van der Waals surface area (Å²) in [5.41, 5.74) is 1.42. The predicted molar refractivity (Wildman–Crippen MR) is 123 cm³/mol. The van der Waals surface area contributed by atoms with Gasteiger partial charge in [-0.15, -0.1) is 0 Å². The van der Waals surface area contributed by atoms with Crippen molar-refractivity contribution in [3.05, 3.63) is 75.9 Å². The molecule has 0 amide bonds. The lowest BCUT2D eigenvalue weighted by Crippen LogP contribution is -2.22. The molecule has 0 bridgehead atoms. The third-order valence-corrected chi connectivity index (χ3v) is 5.89. The van der Waals surface area contributed by atoms with Crippen molar-refractivity contribution in [2.24, 2.45) is 0 Å². The van der Waals surface area contributed by atoms with E-state index in [0.717, 1.165) is 5.56 Å². The molecule has 8 nitrogen and oxygen atoms in total. The largest absolute Gasteiger partial charge is 0.508 e. The molecule has 0 unspecified atom stereocenters. The van der Waals surface area contributed by atoms with Crippen molar-refractivity contribution in [1.82, 2.24) is 0 Å². The van der Waals surface area contributed by atoms with Gasteiger partial charge in [0.15, 0.2) is 16.9 Å². The van der Waals surface area contributed by atoms with Gasteiger partial charge in [-0.25, -0.2) is 0 Å². The van der Waals surface area contributed by atoms with Gasteiger partial charge in [0.25, 0.3) is 0 Å².